The van der Waals surface area contributed by atoms with Crippen LogP contribution in [0.2, 0.25) is 0 Å². The van der Waals surface area contributed by atoms with Crippen molar-refractivity contribution in [3.8, 4) is 11.8 Å². The highest BCUT2D eigenvalue weighted by molar-refractivity contribution is 5.34. The second-order valence-electron chi connectivity index (χ2n) is 7.56. The molecule has 4 aliphatic rings. The van der Waals surface area contributed by atoms with Crippen LogP contribution in [0.4, 0.5) is 0 Å². The summed E-state index contributed by atoms with van der Waals surface area (Å²) >= 11 is 0. The summed E-state index contributed by atoms with van der Waals surface area (Å²) in [5.41, 5.74) is 1.12. The lowest BCUT2D eigenvalue weighted by Gasteiger charge is -2.52. The van der Waals surface area contributed by atoms with Crippen molar-refractivity contribution in [2.24, 2.45) is 5.41 Å². The van der Waals surface area contributed by atoms with Gasteiger partial charge in [-0.15, -0.1) is 0 Å². The molecule has 128 valence electrons. The van der Waals surface area contributed by atoms with Crippen molar-refractivity contribution in [2.45, 2.75) is 63.3 Å². The van der Waals surface area contributed by atoms with Crippen LogP contribution in [0.15, 0.2) is 24.3 Å². The minimum atomic E-state index is -0.190. The van der Waals surface area contributed by atoms with E-state index < -0.39 is 0 Å². The van der Waals surface area contributed by atoms with Crippen molar-refractivity contribution >= 4 is 0 Å². The molecule has 4 heteroatoms. The molecule has 3 aliphatic heterocycles. The standard InChI is InChI=1S/C20H25NO3/c21-12-11-19-7-9-20(10-8-19,23-15-19)16-4-3-5-17(14-16)24-18-6-1-2-13-22-18/h3-5,14,18H,1-2,6-11,13,15H2. The minimum Gasteiger partial charge on any atom is -0.465 e. The third-order valence-corrected chi connectivity index (χ3v) is 5.99. The van der Waals surface area contributed by atoms with E-state index in [0.29, 0.717) is 13.0 Å². The SMILES string of the molecule is N#CCC12CCC(c3cccc(OC4CCCCO4)c3)(CC1)OC2. The maximum Gasteiger partial charge on any atom is 0.199 e. The van der Waals surface area contributed by atoms with Gasteiger partial charge in [0.05, 0.1) is 24.9 Å². The van der Waals surface area contributed by atoms with E-state index in [2.05, 4.69) is 24.3 Å². The van der Waals surface area contributed by atoms with Crippen molar-refractivity contribution in [2.75, 3.05) is 13.2 Å². The molecule has 24 heavy (non-hydrogen) atoms. The maximum atomic E-state index is 9.07. The van der Waals surface area contributed by atoms with Gasteiger partial charge in [0.1, 0.15) is 5.75 Å². The van der Waals surface area contributed by atoms with Gasteiger partial charge in [0.15, 0.2) is 6.29 Å². The van der Waals surface area contributed by atoms with Gasteiger partial charge in [0.2, 0.25) is 0 Å². The van der Waals surface area contributed by atoms with Crippen LogP contribution in [0.5, 0.6) is 5.75 Å². The normalized spacial score (nSPS) is 35.4. The number of hydrogen-bond acceptors (Lipinski definition) is 4. The average Bonchev–Trinajstić information content (AvgIpc) is 2.64. The molecule has 3 saturated heterocycles. The Morgan fingerprint density at radius 3 is 2.75 bits per heavy atom. The van der Waals surface area contributed by atoms with Crippen LogP contribution in [0.3, 0.4) is 0 Å². The summed E-state index contributed by atoms with van der Waals surface area (Å²) in [6, 6.07) is 10.7. The van der Waals surface area contributed by atoms with E-state index >= 15 is 0 Å². The van der Waals surface area contributed by atoms with E-state index in [1.165, 1.54) is 12.0 Å². The van der Waals surface area contributed by atoms with Gasteiger partial charge in [-0.05, 0) is 56.2 Å². The molecule has 4 nitrogen and oxygen atoms in total. The van der Waals surface area contributed by atoms with Crippen LogP contribution in [-0.4, -0.2) is 19.5 Å². The van der Waals surface area contributed by atoms with Gasteiger partial charge in [-0.2, -0.15) is 5.26 Å². The largest absolute Gasteiger partial charge is 0.465 e. The zero-order valence-electron chi connectivity index (χ0n) is 14.1. The molecule has 0 amide bonds. The Balaban J connectivity index is 1.49. The highest BCUT2D eigenvalue weighted by Crippen LogP contribution is 2.55. The van der Waals surface area contributed by atoms with Gasteiger partial charge in [-0.1, -0.05) is 12.1 Å². The average molecular weight is 327 g/mol. The summed E-state index contributed by atoms with van der Waals surface area (Å²) in [7, 11) is 0. The van der Waals surface area contributed by atoms with Gasteiger partial charge in [0, 0.05) is 18.3 Å². The fourth-order valence-corrected chi connectivity index (χ4v) is 4.34. The molecular weight excluding hydrogens is 302 g/mol. The molecular formula is C20H25NO3. The van der Waals surface area contributed by atoms with E-state index in [9.17, 15) is 0 Å². The second kappa shape index (κ2) is 6.38. The Bertz CT molecular complexity index is 605. The highest BCUT2D eigenvalue weighted by Gasteiger charge is 2.50. The van der Waals surface area contributed by atoms with Gasteiger partial charge in [-0.25, -0.2) is 0 Å². The minimum absolute atomic E-state index is 0.0978. The summed E-state index contributed by atoms with van der Waals surface area (Å²) in [5.74, 6) is 0.872. The predicted octanol–water partition coefficient (Wildman–Crippen LogP) is 4.29. The summed E-state index contributed by atoms with van der Waals surface area (Å²) in [6.07, 6.45) is 7.91. The van der Waals surface area contributed by atoms with Crippen LogP contribution in [0.1, 0.15) is 56.9 Å². The van der Waals surface area contributed by atoms with E-state index in [1.54, 1.807) is 0 Å². The van der Waals surface area contributed by atoms with Crippen LogP contribution in [-0.2, 0) is 15.1 Å². The molecule has 2 bridgehead atoms. The fourth-order valence-electron chi connectivity index (χ4n) is 4.34. The first-order valence-corrected chi connectivity index (χ1v) is 9.14. The number of hydrogen-bond donors (Lipinski definition) is 0. The van der Waals surface area contributed by atoms with Crippen molar-refractivity contribution < 1.29 is 14.2 Å². The molecule has 1 saturated carbocycles. The Morgan fingerprint density at radius 1 is 1.21 bits per heavy atom. The number of ether oxygens (including phenoxy) is 3. The molecule has 1 aromatic carbocycles. The second-order valence-corrected chi connectivity index (χ2v) is 7.56. The molecule has 0 spiro atoms. The summed E-state index contributed by atoms with van der Waals surface area (Å²) < 4.78 is 18.0. The molecule has 1 unspecified atom stereocenters. The molecule has 1 aromatic rings. The van der Waals surface area contributed by atoms with Crippen LogP contribution >= 0.6 is 0 Å². The number of nitrogens with zero attached hydrogens (tertiary/aromatic N) is 1. The highest BCUT2D eigenvalue weighted by atomic mass is 16.7. The molecule has 4 fully saturated rings. The molecule has 0 N–H and O–H groups in total. The third kappa shape index (κ3) is 2.92. The topological polar surface area (TPSA) is 51.5 Å². The third-order valence-electron chi connectivity index (χ3n) is 5.99. The van der Waals surface area contributed by atoms with Crippen LogP contribution in [0.25, 0.3) is 0 Å². The first-order valence-electron chi connectivity index (χ1n) is 9.14. The first kappa shape index (κ1) is 15.9. The lowest BCUT2D eigenvalue weighted by atomic mass is 9.63. The molecule has 1 atom stereocenters. The zero-order chi connectivity index (χ0) is 16.5. The van der Waals surface area contributed by atoms with Crippen molar-refractivity contribution in [3.63, 3.8) is 0 Å². The van der Waals surface area contributed by atoms with Crippen molar-refractivity contribution in [1.29, 1.82) is 5.26 Å². The fraction of sp³-hybridized carbons (Fsp3) is 0.650. The zero-order valence-corrected chi connectivity index (χ0v) is 14.1. The molecule has 0 radical (unpaired) electrons. The Kier molecular flexibility index (Phi) is 4.24. The number of nitriles is 1. The van der Waals surface area contributed by atoms with Gasteiger partial charge < -0.3 is 14.2 Å². The smallest absolute Gasteiger partial charge is 0.199 e. The van der Waals surface area contributed by atoms with E-state index in [1.807, 2.05) is 6.07 Å². The molecule has 0 aromatic heterocycles. The maximum absolute atomic E-state index is 9.07. The van der Waals surface area contributed by atoms with E-state index in [4.69, 9.17) is 19.5 Å². The Hall–Kier alpha value is -1.57. The Morgan fingerprint density at radius 2 is 2.08 bits per heavy atom. The first-order chi connectivity index (χ1) is 11.7. The summed E-state index contributed by atoms with van der Waals surface area (Å²) in [4.78, 5) is 0. The van der Waals surface area contributed by atoms with Crippen LogP contribution in [0, 0.1) is 16.7 Å². The quantitative estimate of drug-likeness (QED) is 0.827. The van der Waals surface area contributed by atoms with Crippen molar-refractivity contribution in [3.05, 3.63) is 29.8 Å². The monoisotopic (exact) mass is 327 g/mol. The van der Waals surface area contributed by atoms with E-state index in [0.717, 1.165) is 50.9 Å². The molecule has 5 rings (SSSR count). The van der Waals surface area contributed by atoms with Gasteiger partial charge >= 0.3 is 0 Å². The predicted molar refractivity (Wildman–Crippen MR) is 89.4 cm³/mol. The van der Waals surface area contributed by atoms with E-state index in [-0.39, 0.29) is 17.3 Å². The van der Waals surface area contributed by atoms with Crippen LogP contribution < -0.4 is 4.74 Å². The number of rotatable bonds is 4. The Labute approximate surface area is 143 Å². The van der Waals surface area contributed by atoms with Crippen molar-refractivity contribution in [1.82, 2.24) is 0 Å². The summed E-state index contributed by atoms with van der Waals surface area (Å²) in [6.45, 7) is 1.50. The number of fused-ring (bicyclic) bond motifs is 3. The lowest BCUT2D eigenvalue weighted by Crippen LogP contribution is -2.49. The number of benzene rings is 1. The lowest BCUT2D eigenvalue weighted by molar-refractivity contribution is -0.188. The molecule has 1 aliphatic carbocycles. The van der Waals surface area contributed by atoms with Gasteiger partial charge in [-0.3, -0.25) is 0 Å². The van der Waals surface area contributed by atoms with Gasteiger partial charge in [0.25, 0.3) is 0 Å². The summed E-state index contributed by atoms with van der Waals surface area (Å²) in [5, 5.41) is 9.07. The molecule has 3 heterocycles.